The summed E-state index contributed by atoms with van der Waals surface area (Å²) in [5.41, 5.74) is 0.892. The Morgan fingerprint density at radius 3 is 2.35 bits per heavy atom. The molecule has 2 radical (unpaired) electrons. The summed E-state index contributed by atoms with van der Waals surface area (Å²) in [6, 6.07) is 5.32. The molecule has 0 fully saturated rings. The smallest absolute Gasteiger partial charge is 0.474 e. The molecule has 128 valence electrons. The van der Waals surface area contributed by atoms with Crippen LogP contribution in [0.2, 0.25) is 0 Å². The fraction of sp³-hybridized carbons (Fsp3) is 0.529. The number of rotatable bonds is 10. The van der Waals surface area contributed by atoms with Crippen molar-refractivity contribution in [2.75, 3.05) is 7.11 Å². The Hall–Kier alpha value is -1.27. The summed E-state index contributed by atoms with van der Waals surface area (Å²) < 4.78 is 35.9. The first-order valence-corrected chi connectivity index (χ1v) is 11.0. The number of ether oxygens (including phenoxy) is 1. The van der Waals surface area contributed by atoms with Crippen LogP contribution in [-0.2, 0) is 9.29 Å². The third kappa shape index (κ3) is 4.38. The largest absolute Gasteiger partial charge is 0.525 e. The van der Waals surface area contributed by atoms with Gasteiger partial charge in [-0.25, -0.2) is 8.42 Å². The van der Waals surface area contributed by atoms with Gasteiger partial charge in [0.05, 0.1) is 11.9 Å². The average Bonchev–Trinajstić information content (AvgIpc) is 2.57. The first kappa shape index (κ1) is 19.8. The molecule has 0 spiro atoms. The van der Waals surface area contributed by atoms with Crippen molar-refractivity contribution in [1.29, 1.82) is 0 Å². The van der Waals surface area contributed by atoms with Gasteiger partial charge in [0.2, 0.25) is 0 Å². The molecular formula is C17H26O4SSi. The minimum atomic E-state index is -3.36. The standard InChI is InChI=1S/C17H26O4SSi/c1-6-12-17(8-3,9-4)22(18,19)23-21-15-11-10-14(7-2)13-16(15)20-5/h7,10-11,13H,2,6,8-9,12H2,1,3-5H3. The number of benzene rings is 1. The van der Waals surface area contributed by atoms with E-state index in [0.717, 1.165) is 12.0 Å². The van der Waals surface area contributed by atoms with E-state index in [1.54, 1.807) is 18.2 Å². The van der Waals surface area contributed by atoms with E-state index in [1.807, 2.05) is 26.8 Å². The van der Waals surface area contributed by atoms with E-state index in [4.69, 9.17) is 9.16 Å². The lowest BCUT2D eigenvalue weighted by Crippen LogP contribution is -2.42. The lowest BCUT2D eigenvalue weighted by atomic mass is 9.97. The monoisotopic (exact) mass is 354 g/mol. The van der Waals surface area contributed by atoms with Crippen LogP contribution in [0, 0.1) is 0 Å². The Labute approximate surface area is 142 Å². The summed E-state index contributed by atoms with van der Waals surface area (Å²) in [4.78, 5) is 0. The molecule has 0 aliphatic rings. The molecule has 23 heavy (non-hydrogen) atoms. The van der Waals surface area contributed by atoms with Crippen molar-refractivity contribution < 1.29 is 17.6 Å². The van der Waals surface area contributed by atoms with Gasteiger partial charge in [0.15, 0.2) is 15.0 Å². The third-order valence-corrected chi connectivity index (χ3v) is 8.90. The second kappa shape index (κ2) is 8.54. The van der Waals surface area contributed by atoms with Gasteiger partial charge in [-0.2, -0.15) is 0 Å². The highest BCUT2D eigenvalue weighted by atomic mass is 32.4. The number of methoxy groups -OCH3 is 1. The summed E-state index contributed by atoms with van der Waals surface area (Å²) in [5.74, 6) is 0.955. The Morgan fingerprint density at radius 1 is 1.22 bits per heavy atom. The van der Waals surface area contributed by atoms with Gasteiger partial charge < -0.3 is 9.16 Å². The SMILES string of the molecule is C=Cc1ccc(O[Si]S(=O)(=O)C(CC)(CC)CCC)c(OC)c1. The van der Waals surface area contributed by atoms with Crippen LogP contribution in [0.25, 0.3) is 6.08 Å². The van der Waals surface area contributed by atoms with Crippen LogP contribution >= 0.6 is 0 Å². The summed E-state index contributed by atoms with van der Waals surface area (Å²) in [6.45, 7) is 9.58. The number of hydrogen-bond acceptors (Lipinski definition) is 4. The molecule has 0 saturated heterocycles. The van der Waals surface area contributed by atoms with Crippen LogP contribution in [0.15, 0.2) is 24.8 Å². The fourth-order valence-corrected chi connectivity index (χ4v) is 6.74. The highest BCUT2D eigenvalue weighted by Crippen LogP contribution is 2.33. The Balaban J connectivity index is 3.01. The van der Waals surface area contributed by atoms with Crippen molar-refractivity contribution >= 4 is 24.3 Å². The molecule has 0 amide bonds. The van der Waals surface area contributed by atoms with Gasteiger partial charge in [-0.05, 0) is 37.0 Å². The third-order valence-electron chi connectivity index (χ3n) is 4.25. The summed E-state index contributed by atoms with van der Waals surface area (Å²) in [5, 5.41) is 0. The van der Waals surface area contributed by atoms with E-state index < -0.39 is 22.9 Å². The van der Waals surface area contributed by atoms with E-state index in [1.165, 1.54) is 7.11 Å². The maximum Gasteiger partial charge on any atom is 0.474 e. The summed E-state index contributed by atoms with van der Waals surface area (Å²) in [6.07, 6.45) is 4.39. The van der Waals surface area contributed by atoms with Gasteiger partial charge in [-0.3, -0.25) is 0 Å². The second-order valence-corrected chi connectivity index (χ2v) is 9.80. The molecule has 0 aliphatic heterocycles. The van der Waals surface area contributed by atoms with Crippen LogP contribution in [0.5, 0.6) is 11.5 Å². The highest BCUT2D eigenvalue weighted by molar-refractivity contribution is 8.15. The molecule has 1 aromatic rings. The van der Waals surface area contributed by atoms with Crippen LogP contribution in [0.4, 0.5) is 0 Å². The van der Waals surface area contributed by atoms with E-state index in [0.29, 0.717) is 30.8 Å². The topological polar surface area (TPSA) is 52.6 Å². The normalized spacial score (nSPS) is 12.0. The zero-order valence-corrected chi connectivity index (χ0v) is 16.2. The van der Waals surface area contributed by atoms with Crippen LogP contribution < -0.4 is 9.16 Å². The first-order chi connectivity index (χ1) is 10.9. The van der Waals surface area contributed by atoms with Crippen LogP contribution in [-0.4, -0.2) is 29.2 Å². The summed E-state index contributed by atoms with van der Waals surface area (Å²) >= 11 is 0. The van der Waals surface area contributed by atoms with Gasteiger partial charge in [0.1, 0.15) is 5.75 Å². The summed E-state index contributed by atoms with van der Waals surface area (Å²) in [7, 11) is -2.45. The zero-order valence-electron chi connectivity index (χ0n) is 14.4. The van der Waals surface area contributed by atoms with Gasteiger partial charge in [0.25, 0.3) is 0 Å². The highest BCUT2D eigenvalue weighted by Gasteiger charge is 2.41. The first-order valence-electron chi connectivity index (χ1n) is 7.88. The van der Waals surface area contributed by atoms with E-state index in [9.17, 15) is 8.42 Å². The molecule has 4 nitrogen and oxygen atoms in total. The Bertz CT molecular complexity index is 621. The van der Waals surface area contributed by atoms with Crippen molar-refractivity contribution in [3.63, 3.8) is 0 Å². The van der Waals surface area contributed by atoms with E-state index in [-0.39, 0.29) is 0 Å². The molecule has 0 heterocycles. The number of hydrogen-bond donors (Lipinski definition) is 0. The van der Waals surface area contributed by atoms with Crippen molar-refractivity contribution in [3.05, 3.63) is 30.3 Å². The predicted octanol–water partition coefficient (Wildman–Crippen LogP) is 4.02. The maximum atomic E-state index is 12.8. The van der Waals surface area contributed by atoms with Crippen LogP contribution in [0.3, 0.4) is 0 Å². The average molecular weight is 355 g/mol. The fourth-order valence-electron chi connectivity index (χ4n) is 2.66. The lowest BCUT2D eigenvalue weighted by Gasteiger charge is -2.30. The van der Waals surface area contributed by atoms with Crippen molar-refractivity contribution in [2.24, 2.45) is 0 Å². The molecule has 1 aromatic carbocycles. The lowest BCUT2D eigenvalue weighted by molar-refractivity contribution is 0.396. The quantitative estimate of drug-likeness (QED) is 0.595. The molecular weight excluding hydrogens is 328 g/mol. The zero-order chi connectivity index (χ0) is 17.5. The van der Waals surface area contributed by atoms with Crippen molar-refractivity contribution in [3.8, 4) is 11.5 Å². The second-order valence-electron chi connectivity index (χ2n) is 5.44. The molecule has 0 N–H and O–H groups in total. The van der Waals surface area contributed by atoms with Crippen molar-refractivity contribution in [1.82, 2.24) is 0 Å². The molecule has 0 bridgehead atoms. The molecule has 0 unspecified atom stereocenters. The molecule has 0 atom stereocenters. The minimum absolute atomic E-state index is 0.442. The molecule has 0 aromatic heterocycles. The van der Waals surface area contributed by atoms with Crippen molar-refractivity contribution in [2.45, 2.75) is 51.2 Å². The van der Waals surface area contributed by atoms with Gasteiger partial charge in [-0.1, -0.05) is 45.9 Å². The van der Waals surface area contributed by atoms with Gasteiger partial charge in [-0.15, -0.1) is 0 Å². The minimum Gasteiger partial charge on any atom is -0.525 e. The maximum absolute atomic E-state index is 12.8. The molecule has 6 heteroatoms. The van der Waals surface area contributed by atoms with Gasteiger partial charge in [0, 0.05) is 0 Å². The van der Waals surface area contributed by atoms with Gasteiger partial charge >= 0.3 is 8.91 Å². The predicted molar refractivity (Wildman–Crippen MR) is 96.6 cm³/mol. The van der Waals surface area contributed by atoms with E-state index >= 15 is 0 Å². The molecule has 0 saturated carbocycles. The Morgan fingerprint density at radius 2 is 1.87 bits per heavy atom. The molecule has 1 rings (SSSR count). The Kier molecular flexibility index (Phi) is 7.34. The van der Waals surface area contributed by atoms with E-state index in [2.05, 4.69) is 6.58 Å². The molecule has 0 aliphatic carbocycles. The van der Waals surface area contributed by atoms with Crippen LogP contribution in [0.1, 0.15) is 52.0 Å².